The summed E-state index contributed by atoms with van der Waals surface area (Å²) in [6.45, 7) is 4.83. The molecule has 0 aliphatic rings. The first-order valence-electron chi connectivity index (χ1n) is 7.04. The van der Waals surface area contributed by atoms with Crippen LogP contribution in [0.15, 0.2) is 42.5 Å². The van der Waals surface area contributed by atoms with Gasteiger partial charge in [-0.15, -0.1) is 0 Å². The first kappa shape index (κ1) is 14.6. The van der Waals surface area contributed by atoms with Crippen molar-refractivity contribution in [2.45, 2.75) is 26.2 Å². The van der Waals surface area contributed by atoms with Crippen molar-refractivity contribution < 1.29 is 4.74 Å². The Bertz CT molecular complexity index is 560. The van der Waals surface area contributed by atoms with E-state index in [0.717, 1.165) is 17.7 Å². The number of methoxy groups -OCH3 is 1. The molecule has 20 heavy (non-hydrogen) atoms. The van der Waals surface area contributed by atoms with Crippen LogP contribution in [0.2, 0.25) is 0 Å². The summed E-state index contributed by atoms with van der Waals surface area (Å²) < 4.78 is 5.31. The Morgan fingerprint density at radius 1 is 1.05 bits per heavy atom. The molecule has 0 radical (unpaired) electrons. The molecule has 2 aromatic carbocycles. The Morgan fingerprint density at radius 3 is 2.30 bits per heavy atom. The van der Waals surface area contributed by atoms with Gasteiger partial charge in [-0.1, -0.05) is 42.0 Å². The number of benzene rings is 2. The van der Waals surface area contributed by atoms with Crippen molar-refractivity contribution in [2.75, 3.05) is 13.7 Å². The second-order valence-electron chi connectivity index (χ2n) is 5.35. The molecule has 0 bridgehead atoms. The van der Waals surface area contributed by atoms with E-state index in [0.29, 0.717) is 12.5 Å². The Kier molecular flexibility index (Phi) is 4.80. The number of aryl methyl sites for hydroxylation is 2. The zero-order valence-corrected chi connectivity index (χ0v) is 12.5. The standard InChI is InChI=1S/C18H23NO/c1-13-4-6-15(7-5-13)11-17(12-19)16-8-9-18(20-3)14(2)10-16/h4-10,17H,11-12,19H2,1-3H3. The fourth-order valence-electron chi connectivity index (χ4n) is 2.50. The van der Waals surface area contributed by atoms with Crippen molar-refractivity contribution in [3.63, 3.8) is 0 Å². The summed E-state index contributed by atoms with van der Waals surface area (Å²) in [5.41, 5.74) is 11.0. The average Bonchev–Trinajstić information content (AvgIpc) is 2.46. The van der Waals surface area contributed by atoms with Crippen LogP contribution in [0.5, 0.6) is 5.75 Å². The quantitative estimate of drug-likeness (QED) is 0.900. The van der Waals surface area contributed by atoms with E-state index in [1.54, 1.807) is 7.11 Å². The fourth-order valence-corrected chi connectivity index (χ4v) is 2.50. The molecule has 0 spiro atoms. The highest BCUT2D eigenvalue weighted by Crippen LogP contribution is 2.25. The Hall–Kier alpha value is -1.80. The smallest absolute Gasteiger partial charge is 0.121 e. The van der Waals surface area contributed by atoms with Crippen molar-refractivity contribution >= 4 is 0 Å². The molecule has 0 fully saturated rings. The fraction of sp³-hybridized carbons (Fsp3) is 0.333. The predicted octanol–water partition coefficient (Wildman–Crippen LogP) is 3.60. The van der Waals surface area contributed by atoms with Crippen molar-refractivity contribution in [2.24, 2.45) is 5.73 Å². The Morgan fingerprint density at radius 2 is 1.75 bits per heavy atom. The van der Waals surface area contributed by atoms with Crippen LogP contribution in [0.25, 0.3) is 0 Å². The van der Waals surface area contributed by atoms with Crippen LogP contribution in [0.4, 0.5) is 0 Å². The molecule has 0 saturated heterocycles. The van der Waals surface area contributed by atoms with E-state index in [9.17, 15) is 0 Å². The van der Waals surface area contributed by atoms with Gasteiger partial charge in [0, 0.05) is 5.92 Å². The van der Waals surface area contributed by atoms with Crippen LogP contribution in [-0.4, -0.2) is 13.7 Å². The van der Waals surface area contributed by atoms with Gasteiger partial charge in [0.05, 0.1) is 7.11 Å². The first-order valence-corrected chi connectivity index (χ1v) is 7.04. The molecule has 0 aliphatic carbocycles. The third-order valence-electron chi connectivity index (χ3n) is 3.78. The molecule has 1 unspecified atom stereocenters. The van der Waals surface area contributed by atoms with Gasteiger partial charge in [-0.25, -0.2) is 0 Å². The lowest BCUT2D eigenvalue weighted by Crippen LogP contribution is -2.15. The number of rotatable bonds is 5. The van der Waals surface area contributed by atoms with Crippen molar-refractivity contribution in [3.8, 4) is 5.75 Å². The molecule has 0 heterocycles. The normalized spacial score (nSPS) is 12.2. The lowest BCUT2D eigenvalue weighted by atomic mass is 9.91. The molecule has 2 heteroatoms. The van der Waals surface area contributed by atoms with E-state index in [2.05, 4.69) is 50.2 Å². The summed E-state index contributed by atoms with van der Waals surface area (Å²) in [4.78, 5) is 0. The van der Waals surface area contributed by atoms with Gasteiger partial charge in [0.15, 0.2) is 0 Å². The van der Waals surface area contributed by atoms with Crippen LogP contribution in [-0.2, 0) is 6.42 Å². The molecule has 0 saturated carbocycles. The zero-order chi connectivity index (χ0) is 14.5. The molecule has 2 nitrogen and oxygen atoms in total. The predicted molar refractivity (Wildman–Crippen MR) is 84.4 cm³/mol. The number of ether oxygens (including phenoxy) is 1. The monoisotopic (exact) mass is 269 g/mol. The Balaban J connectivity index is 2.19. The number of hydrogen-bond acceptors (Lipinski definition) is 2. The van der Waals surface area contributed by atoms with Gasteiger partial charge in [-0.3, -0.25) is 0 Å². The maximum absolute atomic E-state index is 5.97. The molecule has 2 aromatic rings. The van der Waals surface area contributed by atoms with Gasteiger partial charge < -0.3 is 10.5 Å². The van der Waals surface area contributed by atoms with Gasteiger partial charge in [-0.2, -0.15) is 0 Å². The molecule has 0 aromatic heterocycles. The molecular formula is C18H23NO. The van der Waals surface area contributed by atoms with Crippen LogP contribution in [0.1, 0.15) is 28.2 Å². The van der Waals surface area contributed by atoms with Crippen LogP contribution in [0, 0.1) is 13.8 Å². The second kappa shape index (κ2) is 6.58. The van der Waals surface area contributed by atoms with Crippen molar-refractivity contribution in [1.82, 2.24) is 0 Å². The third kappa shape index (κ3) is 3.40. The SMILES string of the molecule is COc1ccc(C(CN)Cc2ccc(C)cc2)cc1C. The lowest BCUT2D eigenvalue weighted by molar-refractivity contribution is 0.411. The summed E-state index contributed by atoms with van der Waals surface area (Å²) in [6, 6.07) is 15.0. The largest absolute Gasteiger partial charge is 0.496 e. The molecule has 2 rings (SSSR count). The van der Waals surface area contributed by atoms with Crippen LogP contribution < -0.4 is 10.5 Å². The molecule has 2 N–H and O–H groups in total. The summed E-state index contributed by atoms with van der Waals surface area (Å²) in [6.07, 6.45) is 0.975. The van der Waals surface area contributed by atoms with Crippen molar-refractivity contribution in [3.05, 3.63) is 64.7 Å². The van der Waals surface area contributed by atoms with Gasteiger partial charge in [-0.05, 0) is 49.6 Å². The minimum atomic E-state index is 0.349. The molecule has 0 aliphatic heterocycles. The second-order valence-corrected chi connectivity index (χ2v) is 5.35. The molecular weight excluding hydrogens is 246 g/mol. The highest BCUT2D eigenvalue weighted by atomic mass is 16.5. The van der Waals surface area contributed by atoms with Gasteiger partial charge in [0.25, 0.3) is 0 Å². The zero-order valence-electron chi connectivity index (χ0n) is 12.5. The number of nitrogens with two attached hydrogens (primary N) is 1. The van der Waals surface area contributed by atoms with Gasteiger partial charge in [0.1, 0.15) is 5.75 Å². The summed E-state index contributed by atoms with van der Waals surface area (Å²) in [7, 11) is 1.70. The summed E-state index contributed by atoms with van der Waals surface area (Å²) in [5, 5.41) is 0. The highest BCUT2D eigenvalue weighted by molar-refractivity contribution is 5.38. The van der Waals surface area contributed by atoms with E-state index in [-0.39, 0.29) is 0 Å². The van der Waals surface area contributed by atoms with E-state index in [1.807, 2.05) is 6.07 Å². The highest BCUT2D eigenvalue weighted by Gasteiger charge is 2.12. The van der Waals surface area contributed by atoms with E-state index < -0.39 is 0 Å². The van der Waals surface area contributed by atoms with E-state index in [4.69, 9.17) is 10.5 Å². The van der Waals surface area contributed by atoms with Gasteiger partial charge in [0.2, 0.25) is 0 Å². The minimum Gasteiger partial charge on any atom is -0.496 e. The van der Waals surface area contributed by atoms with E-state index >= 15 is 0 Å². The minimum absolute atomic E-state index is 0.349. The van der Waals surface area contributed by atoms with Crippen LogP contribution in [0.3, 0.4) is 0 Å². The van der Waals surface area contributed by atoms with Crippen molar-refractivity contribution in [1.29, 1.82) is 0 Å². The third-order valence-corrected chi connectivity index (χ3v) is 3.78. The molecule has 1 atom stereocenters. The topological polar surface area (TPSA) is 35.2 Å². The van der Waals surface area contributed by atoms with Crippen LogP contribution >= 0.6 is 0 Å². The Labute approximate surface area is 121 Å². The molecule has 106 valence electrons. The average molecular weight is 269 g/mol. The molecule has 0 amide bonds. The summed E-state index contributed by atoms with van der Waals surface area (Å²) >= 11 is 0. The number of hydrogen-bond donors (Lipinski definition) is 1. The van der Waals surface area contributed by atoms with Gasteiger partial charge >= 0.3 is 0 Å². The maximum Gasteiger partial charge on any atom is 0.121 e. The van der Waals surface area contributed by atoms with E-state index in [1.165, 1.54) is 16.7 Å². The first-order chi connectivity index (χ1) is 9.63. The maximum atomic E-state index is 5.97. The summed E-state index contributed by atoms with van der Waals surface area (Å²) in [5.74, 6) is 1.28. The lowest BCUT2D eigenvalue weighted by Gasteiger charge is -2.17.